The van der Waals surface area contributed by atoms with Crippen molar-refractivity contribution >= 4 is 57.6 Å². The molecular formula is C41H49ClN8O5. The molecule has 0 spiro atoms. The third kappa shape index (κ3) is 8.94. The fourth-order valence-electron chi connectivity index (χ4n) is 8.16. The lowest BCUT2D eigenvalue weighted by Crippen LogP contribution is -2.49. The van der Waals surface area contributed by atoms with E-state index in [1.54, 1.807) is 31.4 Å². The van der Waals surface area contributed by atoms with Crippen LogP contribution >= 0.6 is 11.6 Å². The number of hydrogen-bond acceptors (Lipinski definition) is 8. The number of ether oxygens (including phenoxy) is 1. The summed E-state index contributed by atoms with van der Waals surface area (Å²) in [6, 6.07) is 14.0. The van der Waals surface area contributed by atoms with E-state index in [1.165, 1.54) is 4.90 Å². The lowest BCUT2D eigenvalue weighted by atomic mass is 9.85. The Hall–Kier alpha value is -5.01. The average Bonchev–Trinajstić information content (AvgIpc) is 3.60. The number of methoxy groups -OCH3 is 1. The number of urea groups is 1. The van der Waals surface area contributed by atoms with Gasteiger partial charge in [-0.3, -0.25) is 29.3 Å². The van der Waals surface area contributed by atoms with Crippen molar-refractivity contribution in [3.05, 3.63) is 76.7 Å². The van der Waals surface area contributed by atoms with Crippen LogP contribution in [0.2, 0.25) is 5.02 Å². The number of benzene rings is 2. The summed E-state index contributed by atoms with van der Waals surface area (Å²) in [5.74, 6) is 1.10. The topological polar surface area (TPSA) is 142 Å². The van der Waals surface area contributed by atoms with Gasteiger partial charge in [-0.05, 0) is 114 Å². The van der Waals surface area contributed by atoms with Gasteiger partial charge in [-0.2, -0.15) is 5.10 Å². The molecule has 0 atom stereocenters. The summed E-state index contributed by atoms with van der Waals surface area (Å²) in [4.78, 5) is 60.5. The second-order valence-electron chi connectivity index (χ2n) is 15.2. The van der Waals surface area contributed by atoms with Gasteiger partial charge in [-0.1, -0.05) is 17.7 Å². The smallest absolute Gasteiger partial charge is 0.328 e. The van der Waals surface area contributed by atoms with Crippen molar-refractivity contribution in [1.82, 2.24) is 29.9 Å². The van der Waals surface area contributed by atoms with Crippen molar-refractivity contribution < 1.29 is 23.9 Å². The molecule has 4 aromatic rings. The molecule has 0 radical (unpaired) electrons. The van der Waals surface area contributed by atoms with E-state index in [-0.39, 0.29) is 30.7 Å². The van der Waals surface area contributed by atoms with E-state index in [9.17, 15) is 19.2 Å². The van der Waals surface area contributed by atoms with Crippen molar-refractivity contribution in [2.24, 2.45) is 11.8 Å². The maximum atomic E-state index is 13.4. The minimum atomic E-state index is -0.525. The molecule has 4 heterocycles. The minimum absolute atomic E-state index is 0.0644. The number of imide groups is 1. The van der Waals surface area contributed by atoms with Crippen molar-refractivity contribution in [3.8, 4) is 5.75 Å². The summed E-state index contributed by atoms with van der Waals surface area (Å²) in [6.07, 6.45) is 9.72. The molecule has 0 bridgehead atoms. The Bertz CT molecular complexity index is 2070. The first kappa shape index (κ1) is 38.3. The molecule has 7 rings (SSSR count). The Kier molecular flexibility index (Phi) is 11.7. The number of halogens is 1. The molecular weight excluding hydrogens is 720 g/mol. The molecule has 0 unspecified atom stereocenters. The van der Waals surface area contributed by atoms with Crippen LogP contribution in [0.15, 0.2) is 54.7 Å². The van der Waals surface area contributed by atoms with Crippen LogP contribution in [0.3, 0.4) is 0 Å². The van der Waals surface area contributed by atoms with E-state index >= 15 is 0 Å². The average molecular weight is 769 g/mol. The molecule has 13 nitrogen and oxygen atoms in total. The number of fused-ring (bicyclic) bond motifs is 1. The number of hydrogen-bond donors (Lipinski definition) is 2. The molecule has 3 fully saturated rings. The number of anilines is 2. The third-order valence-electron chi connectivity index (χ3n) is 11.3. The molecule has 55 heavy (non-hydrogen) atoms. The number of carbonyl (C=O) groups is 4. The number of amides is 5. The number of pyridine rings is 1. The maximum Gasteiger partial charge on any atom is 0.328 e. The zero-order valence-electron chi connectivity index (χ0n) is 31.7. The zero-order valence-corrected chi connectivity index (χ0v) is 32.5. The normalized spacial score (nSPS) is 19.5. The van der Waals surface area contributed by atoms with E-state index < -0.39 is 6.03 Å². The highest BCUT2D eigenvalue weighted by molar-refractivity contribution is 6.34. The van der Waals surface area contributed by atoms with E-state index in [1.807, 2.05) is 36.1 Å². The highest BCUT2D eigenvalue weighted by Crippen LogP contribution is 2.36. The lowest BCUT2D eigenvalue weighted by molar-refractivity contribution is -0.120. The first-order valence-corrected chi connectivity index (χ1v) is 19.6. The highest BCUT2D eigenvalue weighted by Gasteiger charge is 2.29. The van der Waals surface area contributed by atoms with Gasteiger partial charge < -0.3 is 19.9 Å². The summed E-state index contributed by atoms with van der Waals surface area (Å²) in [5, 5.41) is 11.5. The molecule has 1 saturated carbocycles. The molecule has 14 heteroatoms. The zero-order chi connectivity index (χ0) is 38.6. The Morgan fingerprint density at radius 2 is 1.78 bits per heavy atom. The predicted molar refractivity (Wildman–Crippen MR) is 212 cm³/mol. The summed E-state index contributed by atoms with van der Waals surface area (Å²) < 4.78 is 7.71. The molecule has 2 N–H and O–H groups in total. The molecule has 5 amide bonds. The van der Waals surface area contributed by atoms with Gasteiger partial charge in [0.05, 0.1) is 35.1 Å². The van der Waals surface area contributed by atoms with Crippen molar-refractivity contribution in [2.75, 3.05) is 57.1 Å². The number of nitrogens with one attached hydrogen (secondary N) is 2. The minimum Gasteiger partial charge on any atom is -0.494 e. The first-order chi connectivity index (χ1) is 26.5. The molecule has 2 aliphatic heterocycles. The highest BCUT2D eigenvalue weighted by atomic mass is 35.5. The number of aryl methyl sites for hydroxylation is 1. The molecule has 1 aliphatic carbocycles. The van der Waals surface area contributed by atoms with Crippen molar-refractivity contribution in [2.45, 2.75) is 64.3 Å². The number of piperidine rings is 1. The van der Waals surface area contributed by atoms with Crippen LogP contribution in [0.5, 0.6) is 5.75 Å². The van der Waals surface area contributed by atoms with E-state index in [2.05, 4.69) is 38.4 Å². The van der Waals surface area contributed by atoms with Crippen LogP contribution in [-0.4, -0.2) is 95.2 Å². The number of carbonyl (C=O) groups excluding carboxylic acids is 4. The van der Waals surface area contributed by atoms with Crippen LogP contribution < -0.4 is 20.3 Å². The lowest BCUT2D eigenvalue weighted by Gasteiger charge is -2.34. The van der Waals surface area contributed by atoms with Crippen LogP contribution in [0.25, 0.3) is 10.9 Å². The Balaban J connectivity index is 0.852. The van der Waals surface area contributed by atoms with Crippen LogP contribution in [-0.2, 0) is 4.79 Å². The number of nitrogens with zero attached hydrogens (tertiary/aromatic N) is 6. The Morgan fingerprint density at radius 1 is 1.00 bits per heavy atom. The summed E-state index contributed by atoms with van der Waals surface area (Å²) >= 11 is 6.40. The maximum absolute atomic E-state index is 13.4. The molecule has 2 saturated heterocycles. The molecule has 290 valence electrons. The van der Waals surface area contributed by atoms with Crippen molar-refractivity contribution in [3.63, 3.8) is 0 Å². The van der Waals surface area contributed by atoms with Gasteiger partial charge in [-0.15, -0.1) is 0 Å². The fourth-order valence-corrected chi connectivity index (χ4v) is 8.38. The largest absolute Gasteiger partial charge is 0.494 e. The van der Waals surface area contributed by atoms with Gasteiger partial charge in [0.25, 0.3) is 11.8 Å². The van der Waals surface area contributed by atoms with Gasteiger partial charge in [0.1, 0.15) is 11.4 Å². The van der Waals surface area contributed by atoms with Gasteiger partial charge in [0, 0.05) is 61.5 Å². The molecule has 3 aliphatic rings. The monoisotopic (exact) mass is 768 g/mol. The summed E-state index contributed by atoms with van der Waals surface area (Å²) in [6.45, 7) is 5.58. The van der Waals surface area contributed by atoms with Crippen molar-refractivity contribution in [1.29, 1.82) is 0 Å². The van der Waals surface area contributed by atoms with Gasteiger partial charge in [-0.25, -0.2) is 9.78 Å². The van der Waals surface area contributed by atoms with Crippen LogP contribution in [0, 0.1) is 18.8 Å². The Morgan fingerprint density at radius 3 is 2.51 bits per heavy atom. The molecule has 2 aromatic heterocycles. The predicted octanol–water partition coefficient (Wildman–Crippen LogP) is 6.71. The number of aromatic nitrogens is 3. The first-order valence-electron chi connectivity index (χ1n) is 19.2. The van der Waals surface area contributed by atoms with Crippen LogP contribution in [0.4, 0.5) is 16.2 Å². The van der Waals surface area contributed by atoms with Gasteiger partial charge in [0.15, 0.2) is 0 Å². The SMILES string of the molecule is COc1cc2nn([C@H]3CC[C@H](CN(C)CCC4CCN(C(=O)c5ccc(Cl)c(N6CCC(=O)NC6=O)c5)CC4)CC3)cc2cc1NC(=O)c1cccc(C)n1. The number of rotatable bonds is 11. The second kappa shape index (κ2) is 16.8. The van der Waals surface area contributed by atoms with E-state index in [4.69, 9.17) is 21.4 Å². The van der Waals surface area contributed by atoms with E-state index in [0.29, 0.717) is 64.4 Å². The standard InChI is InChI=1S/C41H49ClN8O5/c1-26-5-4-6-33(43-26)39(52)44-35-21-30-25-50(46-34(30)23-37(35)55-3)31-10-7-28(8-11-31)24-47(2)17-13-27-14-18-48(19-15-27)40(53)29-9-12-32(42)36(22-29)49-20-16-38(51)45-41(49)54/h4-6,9,12,21-23,25,27-28,31H,7-8,10-11,13-20,24H2,1-3H3,(H,44,52)(H,45,51,54)/t28-,31-. The van der Waals surface area contributed by atoms with Gasteiger partial charge >= 0.3 is 6.03 Å². The van der Waals surface area contributed by atoms with E-state index in [0.717, 1.165) is 74.6 Å². The van der Waals surface area contributed by atoms with Gasteiger partial charge in [0.2, 0.25) is 5.91 Å². The quantitative estimate of drug-likeness (QED) is 0.172. The molecule has 2 aromatic carbocycles. The third-order valence-corrected chi connectivity index (χ3v) is 11.7. The number of likely N-dealkylation sites (tertiary alicyclic amines) is 1. The fraction of sp³-hybridized carbons (Fsp3) is 0.463. The Labute approximate surface area is 326 Å². The summed E-state index contributed by atoms with van der Waals surface area (Å²) in [5.41, 5.74) is 3.49. The van der Waals surface area contributed by atoms with Crippen LogP contribution in [0.1, 0.15) is 83.9 Å². The second-order valence-corrected chi connectivity index (χ2v) is 15.6. The summed E-state index contributed by atoms with van der Waals surface area (Å²) in [7, 11) is 3.81.